The first-order chi connectivity index (χ1) is 9.78. The molecule has 3 aromatic rings. The lowest BCUT2D eigenvalue weighted by Crippen LogP contribution is -2.11. The number of ether oxygens (including phenoxy) is 1. The number of nitrogens with one attached hydrogen (secondary N) is 2. The maximum atomic E-state index is 12.2. The van der Waals surface area contributed by atoms with Crippen LogP contribution in [0.5, 0.6) is 5.75 Å². The highest BCUT2D eigenvalue weighted by Crippen LogP contribution is 2.25. The number of hydrogen-bond acceptors (Lipinski definition) is 2. The summed E-state index contributed by atoms with van der Waals surface area (Å²) in [7, 11) is 1.61. The molecule has 3 rings (SSSR count). The Bertz CT molecular complexity index is 748. The summed E-state index contributed by atoms with van der Waals surface area (Å²) in [5.74, 6) is 0.552. The van der Waals surface area contributed by atoms with Crippen molar-refractivity contribution in [1.29, 1.82) is 0 Å². The molecule has 1 amide bonds. The lowest BCUT2D eigenvalue weighted by Gasteiger charge is -2.02. The molecule has 0 atom stereocenters. The predicted molar refractivity (Wildman–Crippen MR) is 79.2 cm³/mol. The summed E-state index contributed by atoms with van der Waals surface area (Å²) < 4.78 is 5.28. The number of carbonyl (C=O) groups is 1. The van der Waals surface area contributed by atoms with Crippen molar-refractivity contribution in [2.75, 3.05) is 12.4 Å². The van der Waals surface area contributed by atoms with Gasteiger partial charge in [0.05, 0.1) is 12.6 Å². The molecule has 2 aromatic carbocycles. The van der Waals surface area contributed by atoms with Crippen LogP contribution in [0.25, 0.3) is 10.9 Å². The Morgan fingerprint density at radius 3 is 2.65 bits per heavy atom. The fourth-order valence-corrected chi connectivity index (χ4v) is 2.14. The summed E-state index contributed by atoms with van der Waals surface area (Å²) in [6.45, 7) is 0. The van der Waals surface area contributed by atoms with Crippen molar-refractivity contribution in [1.82, 2.24) is 4.98 Å². The van der Waals surface area contributed by atoms with Crippen LogP contribution in [0.2, 0.25) is 0 Å². The Kier molecular flexibility index (Phi) is 3.13. The van der Waals surface area contributed by atoms with Crippen LogP contribution in [0, 0.1) is 0 Å². The number of H-pyrrole nitrogens is 1. The van der Waals surface area contributed by atoms with Crippen molar-refractivity contribution in [3.63, 3.8) is 0 Å². The van der Waals surface area contributed by atoms with Gasteiger partial charge in [0, 0.05) is 11.1 Å². The highest BCUT2D eigenvalue weighted by Gasteiger charge is 2.11. The number of methoxy groups -OCH3 is 1. The maximum absolute atomic E-state index is 12.2. The van der Waals surface area contributed by atoms with E-state index in [0.29, 0.717) is 5.69 Å². The molecule has 0 radical (unpaired) electrons. The van der Waals surface area contributed by atoms with E-state index in [1.54, 1.807) is 7.11 Å². The lowest BCUT2D eigenvalue weighted by atomic mass is 10.2. The van der Waals surface area contributed by atoms with Crippen molar-refractivity contribution < 1.29 is 9.53 Å². The second-order valence-corrected chi connectivity index (χ2v) is 4.43. The fraction of sp³-hybridized carbons (Fsp3) is 0.0625. The third-order valence-electron chi connectivity index (χ3n) is 3.11. The number of anilines is 1. The van der Waals surface area contributed by atoms with Gasteiger partial charge in [0.25, 0.3) is 5.91 Å². The summed E-state index contributed by atoms with van der Waals surface area (Å²) in [6.07, 6.45) is 0. The van der Waals surface area contributed by atoms with Crippen LogP contribution in [-0.4, -0.2) is 18.0 Å². The van der Waals surface area contributed by atoms with E-state index in [1.807, 2.05) is 54.6 Å². The SMILES string of the molecule is COc1cccc2cc(C(=O)Nc3ccccc3)[nH]c12. The van der Waals surface area contributed by atoms with E-state index in [-0.39, 0.29) is 5.91 Å². The zero-order valence-corrected chi connectivity index (χ0v) is 11.0. The van der Waals surface area contributed by atoms with Gasteiger partial charge in [-0.2, -0.15) is 0 Å². The fourth-order valence-electron chi connectivity index (χ4n) is 2.14. The zero-order chi connectivity index (χ0) is 13.9. The van der Waals surface area contributed by atoms with Crippen LogP contribution in [0.3, 0.4) is 0 Å². The number of rotatable bonds is 3. The van der Waals surface area contributed by atoms with Gasteiger partial charge in [-0.1, -0.05) is 30.3 Å². The van der Waals surface area contributed by atoms with Gasteiger partial charge in [0.2, 0.25) is 0 Å². The van der Waals surface area contributed by atoms with Gasteiger partial charge in [-0.25, -0.2) is 0 Å². The number of fused-ring (bicyclic) bond motifs is 1. The third kappa shape index (κ3) is 2.23. The maximum Gasteiger partial charge on any atom is 0.272 e. The van der Waals surface area contributed by atoms with E-state index in [0.717, 1.165) is 22.3 Å². The molecule has 4 nitrogen and oxygen atoms in total. The molecule has 0 aliphatic rings. The highest BCUT2D eigenvalue weighted by molar-refractivity contribution is 6.06. The van der Waals surface area contributed by atoms with E-state index < -0.39 is 0 Å². The molecule has 0 aliphatic heterocycles. The minimum atomic E-state index is -0.172. The molecule has 1 heterocycles. The predicted octanol–water partition coefficient (Wildman–Crippen LogP) is 3.43. The van der Waals surface area contributed by atoms with Gasteiger partial charge in [-0.3, -0.25) is 4.79 Å². The lowest BCUT2D eigenvalue weighted by molar-refractivity contribution is 0.102. The minimum Gasteiger partial charge on any atom is -0.495 e. The molecule has 0 aliphatic carbocycles. The number of benzene rings is 2. The van der Waals surface area contributed by atoms with Crippen molar-refractivity contribution >= 4 is 22.5 Å². The van der Waals surface area contributed by atoms with E-state index in [2.05, 4.69) is 10.3 Å². The monoisotopic (exact) mass is 266 g/mol. The number of amides is 1. The second kappa shape index (κ2) is 5.09. The molecule has 1 aromatic heterocycles. The normalized spacial score (nSPS) is 10.4. The first-order valence-electron chi connectivity index (χ1n) is 6.30. The Hall–Kier alpha value is -2.75. The van der Waals surface area contributed by atoms with E-state index in [9.17, 15) is 4.79 Å². The average Bonchev–Trinajstić information content (AvgIpc) is 2.92. The molecule has 0 unspecified atom stereocenters. The number of para-hydroxylation sites is 2. The molecule has 0 saturated carbocycles. The average molecular weight is 266 g/mol. The van der Waals surface area contributed by atoms with Gasteiger partial charge in [0.1, 0.15) is 11.4 Å². The summed E-state index contributed by atoms with van der Waals surface area (Å²) in [4.78, 5) is 15.3. The molecular weight excluding hydrogens is 252 g/mol. The molecule has 2 N–H and O–H groups in total. The molecule has 0 spiro atoms. The quantitative estimate of drug-likeness (QED) is 0.763. The minimum absolute atomic E-state index is 0.172. The molecular formula is C16H14N2O2. The second-order valence-electron chi connectivity index (χ2n) is 4.43. The topological polar surface area (TPSA) is 54.1 Å². The van der Waals surface area contributed by atoms with Crippen molar-refractivity contribution in [3.8, 4) is 5.75 Å². The van der Waals surface area contributed by atoms with Crippen LogP contribution in [0.4, 0.5) is 5.69 Å². The van der Waals surface area contributed by atoms with Crippen LogP contribution < -0.4 is 10.1 Å². The number of aromatic nitrogens is 1. The number of carbonyl (C=O) groups excluding carboxylic acids is 1. The van der Waals surface area contributed by atoms with Gasteiger partial charge in [-0.15, -0.1) is 0 Å². The summed E-state index contributed by atoms with van der Waals surface area (Å²) >= 11 is 0. The molecule has 0 saturated heterocycles. The van der Waals surface area contributed by atoms with Crippen LogP contribution in [0.1, 0.15) is 10.5 Å². The standard InChI is InChI=1S/C16H14N2O2/c1-20-14-9-5-6-11-10-13(18-15(11)14)16(19)17-12-7-3-2-4-8-12/h2-10,18H,1H3,(H,17,19). The Morgan fingerprint density at radius 1 is 1.10 bits per heavy atom. The van der Waals surface area contributed by atoms with Crippen molar-refractivity contribution in [2.45, 2.75) is 0 Å². The summed E-state index contributed by atoms with van der Waals surface area (Å²) in [5.41, 5.74) is 2.10. The van der Waals surface area contributed by atoms with E-state index in [4.69, 9.17) is 4.74 Å². The first-order valence-corrected chi connectivity index (χ1v) is 6.30. The summed E-state index contributed by atoms with van der Waals surface area (Å²) in [5, 5.41) is 3.79. The van der Waals surface area contributed by atoms with Gasteiger partial charge in [0.15, 0.2) is 0 Å². The molecule has 100 valence electrons. The van der Waals surface area contributed by atoms with E-state index in [1.165, 1.54) is 0 Å². The van der Waals surface area contributed by atoms with Gasteiger partial charge in [-0.05, 0) is 24.3 Å². The van der Waals surface area contributed by atoms with Crippen LogP contribution in [-0.2, 0) is 0 Å². The molecule has 20 heavy (non-hydrogen) atoms. The molecule has 4 heteroatoms. The zero-order valence-electron chi connectivity index (χ0n) is 11.0. The Morgan fingerprint density at radius 2 is 1.90 bits per heavy atom. The smallest absolute Gasteiger partial charge is 0.272 e. The largest absolute Gasteiger partial charge is 0.495 e. The van der Waals surface area contributed by atoms with Crippen LogP contribution in [0.15, 0.2) is 54.6 Å². The van der Waals surface area contributed by atoms with Crippen molar-refractivity contribution in [3.05, 3.63) is 60.3 Å². The third-order valence-corrected chi connectivity index (χ3v) is 3.11. The molecule has 0 fully saturated rings. The highest BCUT2D eigenvalue weighted by atomic mass is 16.5. The van der Waals surface area contributed by atoms with Crippen LogP contribution >= 0.6 is 0 Å². The number of aromatic amines is 1. The van der Waals surface area contributed by atoms with Gasteiger partial charge < -0.3 is 15.0 Å². The first kappa shape index (κ1) is 12.3. The van der Waals surface area contributed by atoms with Gasteiger partial charge >= 0.3 is 0 Å². The number of hydrogen-bond donors (Lipinski definition) is 2. The Balaban J connectivity index is 1.92. The Labute approximate surface area is 116 Å². The summed E-state index contributed by atoms with van der Waals surface area (Å²) in [6, 6.07) is 16.9. The van der Waals surface area contributed by atoms with Crippen molar-refractivity contribution in [2.24, 2.45) is 0 Å². The molecule has 0 bridgehead atoms. The van der Waals surface area contributed by atoms with E-state index >= 15 is 0 Å².